The van der Waals surface area contributed by atoms with Crippen molar-refractivity contribution < 1.29 is 9.59 Å². The largest absolute Gasteiger partial charge is 0.322 e. The normalized spacial score (nSPS) is 9.24. The van der Waals surface area contributed by atoms with E-state index in [-0.39, 0.29) is 18.4 Å². The molecule has 0 saturated carbocycles. The van der Waals surface area contributed by atoms with Gasteiger partial charge in [-0.1, -0.05) is 5.92 Å². The number of hydrogen-bond donors (Lipinski definition) is 1. The fourth-order valence-electron chi connectivity index (χ4n) is 1.22. The summed E-state index contributed by atoms with van der Waals surface area (Å²) >= 11 is 0. The van der Waals surface area contributed by atoms with E-state index in [1.807, 2.05) is 0 Å². The van der Waals surface area contributed by atoms with Gasteiger partial charge in [0.2, 0.25) is 0 Å². The molecule has 0 unspecified atom stereocenters. The SMILES string of the molecule is C#CCN(C)C(=O)Nc1ccc(C(C)=O)cc1. The van der Waals surface area contributed by atoms with Crippen molar-refractivity contribution in [3.63, 3.8) is 0 Å². The highest BCUT2D eigenvalue weighted by molar-refractivity contribution is 5.95. The summed E-state index contributed by atoms with van der Waals surface area (Å²) in [5.41, 5.74) is 1.24. The Bertz CT molecular complexity index is 457. The molecule has 4 nitrogen and oxygen atoms in total. The third-order valence-electron chi connectivity index (χ3n) is 2.22. The third kappa shape index (κ3) is 3.65. The lowest BCUT2D eigenvalue weighted by Gasteiger charge is -2.14. The van der Waals surface area contributed by atoms with Crippen molar-refractivity contribution in [2.45, 2.75) is 6.92 Å². The first-order chi connectivity index (χ1) is 8.04. The Kier molecular flexibility index (Phi) is 4.29. The van der Waals surface area contributed by atoms with Gasteiger partial charge >= 0.3 is 6.03 Å². The molecule has 1 N–H and O–H groups in total. The van der Waals surface area contributed by atoms with Gasteiger partial charge < -0.3 is 10.2 Å². The van der Waals surface area contributed by atoms with Gasteiger partial charge in [-0.05, 0) is 31.2 Å². The van der Waals surface area contributed by atoms with E-state index in [0.29, 0.717) is 11.3 Å². The summed E-state index contributed by atoms with van der Waals surface area (Å²) in [7, 11) is 1.61. The molecule has 0 aliphatic rings. The van der Waals surface area contributed by atoms with Crippen LogP contribution in [0.25, 0.3) is 0 Å². The van der Waals surface area contributed by atoms with Gasteiger partial charge in [-0.15, -0.1) is 6.42 Å². The first-order valence-corrected chi connectivity index (χ1v) is 5.11. The van der Waals surface area contributed by atoms with Gasteiger partial charge in [-0.25, -0.2) is 4.79 Å². The minimum atomic E-state index is -0.279. The second kappa shape index (κ2) is 5.71. The molecule has 0 aromatic heterocycles. The lowest BCUT2D eigenvalue weighted by Crippen LogP contribution is -2.31. The van der Waals surface area contributed by atoms with Crippen LogP contribution in [0.15, 0.2) is 24.3 Å². The fourth-order valence-corrected chi connectivity index (χ4v) is 1.22. The van der Waals surface area contributed by atoms with E-state index in [9.17, 15) is 9.59 Å². The molecule has 0 spiro atoms. The number of amides is 2. The van der Waals surface area contributed by atoms with Crippen molar-refractivity contribution in [1.82, 2.24) is 4.90 Å². The molecule has 0 saturated heterocycles. The number of carbonyl (C=O) groups excluding carboxylic acids is 2. The van der Waals surface area contributed by atoms with Crippen LogP contribution in [0.1, 0.15) is 17.3 Å². The lowest BCUT2D eigenvalue weighted by molar-refractivity contribution is 0.101. The monoisotopic (exact) mass is 230 g/mol. The molecule has 0 radical (unpaired) electrons. The maximum absolute atomic E-state index is 11.6. The zero-order valence-electron chi connectivity index (χ0n) is 9.86. The van der Waals surface area contributed by atoms with Crippen LogP contribution in [0.5, 0.6) is 0 Å². The van der Waals surface area contributed by atoms with Crippen molar-refractivity contribution in [1.29, 1.82) is 0 Å². The molecule has 1 rings (SSSR count). The first kappa shape index (κ1) is 12.8. The van der Waals surface area contributed by atoms with Crippen LogP contribution in [0.2, 0.25) is 0 Å². The lowest BCUT2D eigenvalue weighted by atomic mass is 10.1. The minimum absolute atomic E-state index is 0.00711. The topological polar surface area (TPSA) is 49.4 Å². The summed E-state index contributed by atoms with van der Waals surface area (Å²) in [6.07, 6.45) is 5.10. The number of nitrogens with one attached hydrogen (secondary N) is 1. The van der Waals surface area contributed by atoms with Gasteiger partial charge in [0.1, 0.15) is 0 Å². The van der Waals surface area contributed by atoms with Crippen LogP contribution in [0, 0.1) is 12.3 Å². The molecule has 17 heavy (non-hydrogen) atoms. The fraction of sp³-hybridized carbons (Fsp3) is 0.231. The summed E-state index contributed by atoms with van der Waals surface area (Å²) in [6, 6.07) is 6.41. The molecule has 0 fully saturated rings. The number of ketones is 1. The van der Waals surface area contributed by atoms with Gasteiger partial charge in [0.25, 0.3) is 0 Å². The van der Waals surface area contributed by atoms with E-state index in [1.54, 1.807) is 31.3 Å². The van der Waals surface area contributed by atoms with Crippen molar-refractivity contribution in [3.05, 3.63) is 29.8 Å². The molecular weight excluding hydrogens is 216 g/mol. The van der Waals surface area contributed by atoms with Gasteiger partial charge in [0, 0.05) is 18.3 Å². The Morgan fingerprint density at radius 2 is 1.94 bits per heavy atom. The van der Waals surface area contributed by atoms with Crippen molar-refractivity contribution in [2.24, 2.45) is 0 Å². The number of Topliss-reactive ketones (excluding diaryl/α,β-unsaturated/α-hetero) is 1. The quantitative estimate of drug-likeness (QED) is 0.637. The van der Waals surface area contributed by atoms with E-state index in [2.05, 4.69) is 11.2 Å². The molecule has 0 bridgehead atoms. The molecule has 0 aliphatic heterocycles. The zero-order valence-corrected chi connectivity index (χ0v) is 9.86. The first-order valence-electron chi connectivity index (χ1n) is 5.11. The van der Waals surface area contributed by atoms with E-state index in [0.717, 1.165) is 0 Å². The van der Waals surface area contributed by atoms with Crippen LogP contribution in [-0.4, -0.2) is 30.3 Å². The maximum atomic E-state index is 11.6. The molecule has 0 atom stereocenters. The second-order valence-corrected chi connectivity index (χ2v) is 3.62. The number of benzene rings is 1. The van der Waals surface area contributed by atoms with Gasteiger partial charge in [0.15, 0.2) is 5.78 Å². The summed E-state index contributed by atoms with van der Waals surface area (Å²) in [5.74, 6) is 2.37. The van der Waals surface area contributed by atoms with Crippen LogP contribution in [0.3, 0.4) is 0 Å². The van der Waals surface area contributed by atoms with Gasteiger partial charge in [-0.2, -0.15) is 0 Å². The Balaban J connectivity index is 2.67. The van der Waals surface area contributed by atoms with Gasteiger partial charge in [-0.3, -0.25) is 4.79 Å². The summed E-state index contributed by atoms with van der Waals surface area (Å²) in [4.78, 5) is 24.0. The second-order valence-electron chi connectivity index (χ2n) is 3.62. The van der Waals surface area contributed by atoms with E-state index in [4.69, 9.17) is 6.42 Å². The number of anilines is 1. The predicted octanol–water partition coefficient (Wildman–Crippen LogP) is 1.99. The Morgan fingerprint density at radius 1 is 1.35 bits per heavy atom. The number of hydrogen-bond acceptors (Lipinski definition) is 2. The molecule has 0 aliphatic carbocycles. The van der Waals surface area contributed by atoms with Crippen molar-refractivity contribution >= 4 is 17.5 Å². The van der Waals surface area contributed by atoms with Crippen LogP contribution >= 0.6 is 0 Å². The average Bonchev–Trinajstić information content (AvgIpc) is 2.30. The van der Waals surface area contributed by atoms with Crippen molar-refractivity contribution in [3.8, 4) is 12.3 Å². The molecule has 2 amide bonds. The highest BCUT2D eigenvalue weighted by Gasteiger charge is 2.07. The van der Waals surface area contributed by atoms with Crippen molar-refractivity contribution in [2.75, 3.05) is 18.9 Å². The summed E-state index contributed by atoms with van der Waals surface area (Å²) in [5, 5.41) is 2.67. The standard InChI is InChI=1S/C13H14N2O2/c1-4-9-15(3)13(17)14-12-7-5-11(6-8-12)10(2)16/h1,5-8H,9H2,2-3H3,(H,14,17). The molecule has 1 aromatic rings. The number of urea groups is 1. The average molecular weight is 230 g/mol. The number of nitrogens with zero attached hydrogens (tertiary/aromatic N) is 1. The number of carbonyl (C=O) groups is 2. The Morgan fingerprint density at radius 3 is 2.41 bits per heavy atom. The zero-order chi connectivity index (χ0) is 12.8. The molecule has 4 heteroatoms. The van der Waals surface area contributed by atoms with Gasteiger partial charge in [0.05, 0.1) is 6.54 Å². The minimum Gasteiger partial charge on any atom is -0.316 e. The van der Waals surface area contributed by atoms with E-state index >= 15 is 0 Å². The maximum Gasteiger partial charge on any atom is 0.322 e. The van der Waals surface area contributed by atoms with Crippen LogP contribution < -0.4 is 5.32 Å². The molecule has 88 valence electrons. The summed E-state index contributed by atoms with van der Waals surface area (Å²) < 4.78 is 0. The number of rotatable bonds is 3. The Hall–Kier alpha value is -2.28. The smallest absolute Gasteiger partial charge is 0.316 e. The van der Waals surface area contributed by atoms with E-state index < -0.39 is 0 Å². The molecule has 1 aromatic carbocycles. The highest BCUT2D eigenvalue weighted by atomic mass is 16.2. The highest BCUT2D eigenvalue weighted by Crippen LogP contribution is 2.10. The van der Waals surface area contributed by atoms with Crippen LogP contribution in [-0.2, 0) is 0 Å². The summed E-state index contributed by atoms with van der Waals surface area (Å²) in [6.45, 7) is 1.74. The number of terminal acetylenes is 1. The third-order valence-corrected chi connectivity index (χ3v) is 2.22. The Labute approximate surface area is 101 Å². The predicted molar refractivity (Wildman–Crippen MR) is 66.9 cm³/mol. The van der Waals surface area contributed by atoms with E-state index in [1.165, 1.54) is 11.8 Å². The molecule has 0 heterocycles. The van der Waals surface area contributed by atoms with Crippen LogP contribution in [0.4, 0.5) is 10.5 Å². The molecular formula is C13H14N2O2.